The number of nitrogens with zero attached hydrogens (tertiary/aromatic N) is 3. The third kappa shape index (κ3) is 3.92. The second-order valence-corrected chi connectivity index (χ2v) is 8.89. The lowest BCUT2D eigenvalue weighted by Gasteiger charge is -2.26. The molecule has 0 atom stereocenters. The summed E-state index contributed by atoms with van der Waals surface area (Å²) >= 11 is 0. The molecule has 0 bridgehead atoms. The second kappa shape index (κ2) is 8.46. The van der Waals surface area contributed by atoms with Gasteiger partial charge in [0.25, 0.3) is 0 Å². The van der Waals surface area contributed by atoms with Crippen LogP contribution in [-0.2, 0) is 6.54 Å². The van der Waals surface area contributed by atoms with Crippen LogP contribution < -0.4 is 24.4 Å². The molecule has 33 heavy (non-hydrogen) atoms. The zero-order valence-corrected chi connectivity index (χ0v) is 19.9. The topological polar surface area (TPSA) is 68.7 Å². The van der Waals surface area contributed by atoms with Crippen LogP contribution in [0.25, 0.3) is 11.1 Å². The maximum Gasteiger partial charge on any atom is 0.231 e. The summed E-state index contributed by atoms with van der Waals surface area (Å²) in [6, 6.07) is 10.5. The van der Waals surface area contributed by atoms with Gasteiger partial charge in [0.1, 0.15) is 18.2 Å². The van der Waals surface area contributed by atoms with Crippen molar-refractivity contribution in [1.82, 2.24) is 9.97 Å². The molecule has 7 heteroatoms. The van der Waals surface area contributed by atoms with E-state index in [4.69, 9.17) is 19.2 Å². The Morgan fingerprint density at radius 1 is 0.970 bits per heavy atom. The Hall–Kier alpha value is -3.48. The maximum atomic E-state index is 6.24. The van der Waals surface area contributed by atoms with E-state index >= 15 is 0 Å². The molecular formula is C26H30N4O3. The van der Waals surface area contributed by atoms with Crippen LogP contribution in [0.4, 0.5) is 11.8 Å². The molecule has 2 aliphatic heterocycles. The Morgan fingerprint density at radius 3 is 2.58 bits per heavy atom. The molecule has 0 saturated heterocycles. The molecule has 5 rings (SSSR count). The molecule has 7 nitrogen and oxygen atoms in total. The summed E-state index contributed by atoms with van der Waals surface area (Å²) in [5.41, 5.74) is 6.70. The average molecular weight is 447 g/mol. The normalized spacial score (nSPS) is 14.7. The molecule has 3 aromatic rings. The number of ether oxygens (including phenoxy) is 3. The van der Waals surface area contributed by atoms with Crippen molar-refractivity contribution in [2.45, 2.75) is 40.2 Å². The van der Waals surface area contributed by atoms with E-state index < -0.39 is 0 Å². The molecule has 0 unspecified atom stereocenters. The minimum atomic E-state index is 0.274. The molecule has 0 saturated carbocycles. The number of hydrogen-bond acceptors (Lipinski definition) is 7. The minimum Gasteiger partial charge on any atom is -0.491 e. The van der Waals surface area contributed by atoms with Gasteiger partial charge in [-0.15, -0.1) is 0 Å². The van der Waals surface area contributed by atoms with Crippen molar-refractivity contribution < 1.29 is 14.2 Å². The fraction of sp³-hybridized carbons (Fsp3) is 0.385. The van der Waals surface area contributed by atoms with Crippen molar-refractivity contribution in [1.29, 1.82) is 0 Å². The number of hydrogen-bond donors (Lipinski definition) is 1. The lowest BCUT2D eigenvalue weighted by atomic mass is 9.98. The summed E-state index contributed by atoms with van der Waals surface area (Å²) in [4.78, 5) is 11.8. The van der Waals surface area contributed by atoms with Gasteiger partial charge < -0.3 is 24.4 Å². The molecule has 2 aliphatic rings. The predicted octanol–water partition coefficient (Wildman–Crippen LogP) is 5.05. The third-order valence-electron chi connectivity index (χ3n) is 6.24. The van der Waals surface area contributed by atoms with Crippen LogP contribution in [0.3, 0.4) is 0 Å². The molecule has 2 aromatic carbocycles. The number of aryl methyl sites for hydroxylation is 2. The standard InChI is InChI=1S/C26H30N4O3/c1-15(2)23-17(4)28-26(27-5)29-25(23)30-8-9-31-24-16(3)10-19(11-20(24)13-30)18-6-7-21-22(12-18)33-14-32-21/h6-7,10-12,15H,8-9,13-14H2,1-5H3,(H,27,28,29). The Bertz CT molecular complexity index is 1210. The zero-order chi connectivity index (χ0) is 23.1. The van der Waals surface area contributed by atoms with Crippen molar-refractivity contribution in [2.75, 3.05) is 37.2 Å². The summed E-state index contributed by atoms with van der Waals surface area (Å²) in [7, 11) is 1.86. The summed E-state index contributed by atoms with van der Waals surface area (Å²) in [5, 5.41) is 3.11. The first-order chi connectivity index (χ1) is 15.9. The van der Waals surface area contributed by atoms with E-state index in [1.54, 1.807) is 0 Å². The number of fused-ring (bicyclic) bond motifs is 2. The molecule has 0 aliphatic carbocycles. The Morgan fingerprint density at radius 2 is 1.79 bits per heavy atom. The summed E-state index contributed by atoms with van der Waals surface area (Å²) in [6.07, 6.45) is 0. The Balaban J connectivity index is 1.56. The van der Waals surface area contributed by atoms with Gasteiger partial charge in [-0.2, -0.15) is 4.98 Å². The van der Waals surface area contributed by atoms with Crippen molar-refractivity contribution in [2.24, 2.45) is 0 Å². The van der Waals surface area contributed by atoms with Crippen molar-refractivity contribution in [3.05, 3.63) is 52.7 Å². The second-order valence-electron chi connectivity index (χ2n) is 8.89. The Kier molecular flexibility index (Phi) is 5.48. The van der Waals surface area contributed by atoms with Gasteiger partial charge in [-0.25, -0.2) is 4.98 Å². The van der Waals surface area contributed by atoms with E-state index in [1.165, 1.54) is 5.56 Å². The molecule has 0 radical (unpaired) electrons. The number of nitrogens with one attached hydrogen (secondary N) is 1. The smallest absolute Gasteiger partial charge is 0.231 e. The summed E-state index contributed by atoms with van der Waals surface area (Å²) < 4.78 is 17.3. The predicted molar refractivity (Wildman–Crippen MR) is 130 cm³/mol. The molecular weight excluding hydrogens is 416 g/mol. The van der Waals surface area contributed by atoms with E-state index in [2.05, 4.69) is 61.1 Å². The van der Waals surface area contributed by atoms with Gasteiger partial charge in [-0.05, 0) is 60.7 Å². The van der Waals surface area contributed by atoms with Crippen LogP contribution in [0.1, 0.15) is 42.1 Å². The highest BCUT2D eigenvalue weighted by molar-refractivity contribution is 5.71. The summed E-state index contributed by atoms with van der Waals surface area (Å²) in [6.45, 7) is 10.9. The Labute approximate surface area is 194 Å². The van der Waals surface area contributed by atoms with Crippen LogP contribution in [0.2, 0.25) is 0 Å². The van der Waals surface area contributed by atoms with Crippen LogP contribution in [0.15, 0.2) is 30.3 Å². The maximum absolute atomic E-state index is 6.24. The van der Waals surface area contributed by atoms with Crippen molar-refractivity contribution in [3.8, 4) is 28.4 Å². The first kappa shape index (κ1) is 21.4. The van der Waals surface area contributed by atoms with Gasteiger partial charge in [-0.1, -0.05) is 19.9 Å². The fourth-order valence-corrected chi connectivity index (χ4v) is 4.73. The van der Waals surface area contributed by atoms with Gasteiger partial charge in [0.05, 0.1) is 6.54 Å². The van der Waals surface area contributed by atoms with Gasteiger partial charge >= 0.3 is 0 Å². The largest absolute Gasteiger partial charge is 0.491 e. The average Bonchev–Trinajstić information content (AvgIpc) is 3.15. The lowest BCUT2D eigenvalue weighted by molar-refractivity contribution is 0.174. The highest BCUT2D eigenvalue weighted by atomic mass is 16.7. The van der Waals surface area contributed by atoms with E-state index in [1.807, 2.05) is 19.2 Å². The monoisotopic (exact) mass is 446 g/mol. The highest BCUT2D eigenvalue weighted by Gasteiger charge is 2.25. The lowest BCUT2D eigenvalue weighted by Crippen LogP contribution is -2.28. The molecule has 1 N–H and O–H groups in total. The van der Waals surface area contributed by atoms with Crippen LogP contribution in [0.5, 0.6) is 17.2 Å². The van der Waals surface area contributed by atoms with Crippen LogP contribution in [-0.4, -0.2) is 37.0 Å². The van der Waals surface area contributed by atoms with Crippen molar-refractivity contribution >= 4 is 11.8 Å². The quantitative estimate of drug-likeness (QED) is 0.601. The third-order valence-corrected chi connectivity index (χ3v) is 6.24. The van der Waals surface area contributed by atoms with Crippen LogP contribution >= 0.6 is 0 Å². The molecule has 0 amide bonds. The highest BCUT2D eigenvalue weighted by Crippen LogP contribution is 2.39. The van der Waals surface area contributed by atoms with E-state index in [0.29, 0.717) is 25.0 Å². The number of rotatable bonds is 4. The van der Waals surface area contributed by atoms with E-state index in [9.17, 15) is 0 Å². The molecule has 0 spiro atoms. The molecule has 3 heterocycles. The number of anilines is 2. The fourth-order valence-electron chi connectivity index (χ4n) is 4.73. The van der Waals surface area contributed by atoms with Gasteiger partial charge in [-0.3, -0.25) is 0 Å². The first-order valence-corrected chi connectivity index (χ1v) is 11.4. The van der Waals surface area contributed by atoms with Gasteiger partial charge in [0, 0.05) is 30.4 Å². The zero-order valence-electron chi connectivity index (χ0n) is 19.9. The molecule has 172 valence electrons. The van der Waals surface area contributed by atoms with Gasteiger partial charge in [0.2, 0.25) is 12.7 Å². The number of aromatic nitrogens is 2. The summed E-state index contributed by atoms with van der Waals surface area (Å²) in [5.74, 6) is 4.48. The molecule has 0 fully saturated rings. The van der Waals surface area contributed by atoms with E-state index in [-0.39, 0.29) is 6.79 Å². The van der Waals surface area contributed by atoms with Crippen molar-refractivity contribution in [3.63, 3.8) is 0 Å². The van der Waals surface area contributed by atoms with Crippen LogP contribution in [0, 0.1) is 13.8 Å². The SMILES string of the molecule is CNc1nc(C)c(C(C)C)c(N2CCOc3c(C)cc(-c4ccc5c(c4)OCO5)cc3C2)n1. The van der Waals surface area contributed by atoms with E-state index in [0.717, 1.165) is 57.6 Å². The van der Waals surface area contributed by atoms with Gasteiger partial charge in [0.15, 0.2) is 11.5 Å². The molecule has 1 aromatic heterocycles. The minimum absolute atomic E-state index is 0.274. The first-order valence-electron chi connectivity index (χ1n) is 11.4. The number of benzene rings is 2.